The number of halogens is 1. The van der Waals surface area contributed by atoms with Gasteiger partial charge in [-0.05, 0) is 19.1 Å². The van der Waals surface area contributed by atoms with E-state index in [4.69, 9.17) is 11.6 Å². The number of H-pyrrole nitrogens is 1. The fourth-order valence-electron chi connectivity index (χ4n) is 3.62. The third-order valence-electron chi connectivity index (χ3n) is 5.34. The van der Waals surface area contributed by atoms with Gasteiger partial charge in [0.1, 0.15) is 0 Å². The van der Waals surface area contributed by atoms with Gasteiger partial charge in [-0.15, -0.1) is 0 Å². The van der Waals surface area contributed by atoms with Crippen molar-refractivity contribution >= 4 is 23.3 Å². The number of nitrogens with zero attached hydrogens (tertiary/aromatic N) is 2. The van der Waals surface area contributed by atoms with Gasteiger partial charge >= 0.3 is 0 Å². The van der Waals surface area contributed by atoms with Crippen LogP contribution in [0.1, 0.15) is 40.0 Å². The summed E-state index contributed by atoms with van der Waals surface area (Å²) in [6.07, 6.45) is 1.17. The van der Waals surface area contributed by atoms with Crippen LogP contribution in [0.15, 0.2) is 48.5 Å². The summed E-state index contributed by atoms with van der Waals surface area (Å²) in [6, 6.07) is 15.0. The molecule has 0 spiro atoms. The minimum absolute atomic E-state index is 0.000585. The monoisotopic (exact) mass is 407 g/mol. The van der Waals surface area contributed by atoms with Crippen LogP contribution in [-0.2, 0) is 17.8 Å². The predicted molar refractivity (Wildman–Crippen MR) is 113 cm³/mol. The lowest BCUT2D eigenvalue weighted by Gasteiger charge is -2.27. The first-order valence-electron chi connectivity index (χ1n) is 9.71. The molecular formula is C23H22ClN3O2. The van der Waals surface area contributed by atoms with E-state index in [1.807, 2.05) is 60.4 Å². The number of Topliss-reactive ketones (excluding diaryl/α,β-unsaturated/α-hetero) is 1. The van der Waals surface area contributed by atoms with Crippen molar-refractivity contribution in [3.05, 3.63) is 75.9 Å². The lowest BCUT2D eigenvalue weighted by atomic mass is 10.00. The first-order chi connectivity index (χ1) is 14.0. The number of ketones is 1. The van der Waals surface area contributed by atoms with Crippen molar-refractivity contribution in [2.24, 2.45) is 0 Å². The van der Waals surface area contributed by atoms with Gasteiger partial charge < -0.3 is 4.90 Å². The number of carbonyl (C=O) groups excluding carboxylic acids is 2. The number of amides is 1. The standard InChI is InChI=1S/C23H22ClN3O2/c1-15-2-4-16(5-3-15)21(28)10-11-22(29)27-13-12-20-19(14-27)23(26-25-20)17-6-8-18(24)9-7-17/h2-9H,10-14H2,1H3,(H,25,26). The maximum Gasteiger partial charge on any atom is 0.223 e. The van der Waals surface area contributed by atoms with Crippen LogP contribution >= 0.6 is 11.6 Å². The van der Waals surface area contributed by atoms with E-state index in [1.54, 1.807) is 0 Å². The number of fused-ring (bicyclic) bond motifs is 1. The number of rotatable bonds is 5. The molecule has 148 valence electrons. The van der Waals surface area contributed by atoms with E-state index in [-0.39, 0.29) is 24.5 Å². The molecule has 0 atom stereocenters. The van der Waals surface area contributed by atoms with Gasteiger partial charge in [-0.25, -0.2) is 0 Å². The van der Waals surface area contributed by atoms with Crippen molar-refractivity contribution in [1.82, 2.24) is 15.1 Å². The second-order valence-electron chi connectivity index (χ2n) is 7.39. The van der Waals surface area contributed by atoms with Crippen molar-refractivity contribution in [3.8, 4) is 11.3 Å². The minimum atomic E-state index is -0.000585. The molecule has 0 aliphatic carbocycles. The molecule has 0 unspecified atom stereocenters. The molecule has 2 heterocycles. The van der Waals surface area contributed by atoms with Crippen molar-refractivity contribution in [1.29, 1.82) is 0 Å². The Morgan fingerprint density at radius 3 is 2.52 bits per heavy atom. The van der Waals surface area contributed by atoms with Gasteiger partial charge in [0.05, 0.1) is 5.69 Å². The van der Waals surface area contributed by atoms with E-state index in [0.29, 0.717) is 23.7 Å². The number of aromatic nitrogens is 2. The number of aromatic amines is 1. The lowest BCUT2D eigenvalue weighted by Crippen LogP contribution is -2.36. The molecule has 1 aliphatic rings. The Kier molecular flexibility index (Phi) is 5.49. The molecule has 29 heavy (non-hydrogen) atoms. The van der Waals surface area contributed by atoms with Gasteiger partial charge in [0.25, 0.3) is 0 Å². The van der Waals surface area contributed by atoms with Crippen molar-refractivity contribution in [2.45, 2.75) is 32.7 Å². The third-order valence-corrected chi connectivity index (χ3v) is 5.60. The summed E-state index contributed by atoms with van der Waals surface area (Å²) in [6.45, 7) is 3.12. The molecule has 1 aliphatic heterocycles. The number of aryl methyl sites for hydroxylation is 1. The Morgan fingerprint density at radius 1 is 1.07 bits per heavy atom. The molecule has 6 heteroatoms. The SMILES string of the molecule is Cc1ccc(C(=O)CCC(=O)N2CCc3[nH]nc(-c4ccc(Cl)cc4)c3C2)cc1. The van der Waals surface area contributed by atoms with Crippen LogP contribution in [0.3, 0.4) is 0 Å². The van der Waals surface area contributed by atoms with Crippen LogP contribution in [-0.4, -0.2) is 33.3 Å². The van der Waals surface area contributed by atoms with E-state index < -0.39 is 0 Å². The minimum Gasteiger partial charge on any atom is -0.338 e. The van der Waals surface area contributed by atoms with E-state index >= 15 is 0 Å². The zero-order valence-corrected chi connectivity index (χ0v) is 17.0. The highest BCUT2D eigenvalue weighted by atomic mass is 35.5. The van der Waals surface area contributed by atoms with Crippen molar-refractivity contribution < 1.29 is 9.59 Å². The summed E-state index contributed by atoms with van der Waals surface area (Å²) in [7, 11) is 0. The Labute approximate surface area is 174 Å². The molecule has 3 aromatic rings. The predicted octanol–water partition coefficient (Wildman–Crippen LogP) is 4.59. The number of benzene rings is 2. The molecule has 2 aromatic carbocycles. The maximum atomic E-state index is 12.7. The maximum absolute atomic E-state index is 12.7. The van der Waals surface area contributed by atoms with Crippen LogP contribution in [0.4, 0.5) is 0 Å². The van der Waals surface area contributed by atoms with E-state index in [0.717, 1.165) is 34.5 Å². The van der Waals surface area contributed by atoms with E-state index in [9.17, 15) is 9.59 Å². The molecule has 4 rings (SSSR count). The summed E-state index contributed by atoms with van der Waals surface area (Å²) < 4.78 is 0. The largest absolute Gasteiger partial charge is 0.338 e. The highest BCUT2D eigenvalue weighted by Gasteiger charge is 2.26. The Hall–Kier alpha value is -2.92. The molecule has 0 fully saturated rings. The smallest absolute Gasteiger partial charge is 0.223 e. The summed E-state index contributed by atoms with van der Waals surface area (Å²) in [5.41, 5.74) is 5.69. The fraction of sp³-hybridized carbons (Fsp3) is 0.261. The van der Waals surface area contributed by atoms with Gasteiger partial charge in [0, 0.05) is 59.8 Å². The zero-order valence-electron chi connectivity index (χ0n) is 16.2. The van der Waals surface area contributed by atoms with Crippen LogP contribution in [0.5, 0.6) is 0 Å². The lowest BCUT2D eigenvalue weighted by molar-refractivity contribution is -0.132. The van der Waals surface area contributed by atoms with Gasteiger partial charge in [-0.3, -0.25) is 14.7 Å². The number of nitrogens with one attached hydrogen (secondary N) is 1. The van der Waals surface area contributed by atoms with E-state index in [2.05, 4.69) is 10.2 Å². The number of hydrogen-bond donors (Lipinski definition) is 1. The second-order valence-corrected chi connectivity index (χ2v) is 7.83. The highest BCUT2D eigenvalue weighted by Crippen LogP contribution is 2.29. The Morgan fingerprint density at radius 2 is 1.79 bits per heavy atom. The van der Waals surface area contributed by atoms with Crippen LogP contribution < -0.4 is 0 Å². The molecule has 1 aromatic heterocycles. The average molecular weight is 408 g/mol. The molecule has 0 bridgehead atoms. The Balaban J connectivity index is 1.42. The molecular weight excluding hydrogens is 386 g/mol. The molecule has 1 N–H and O–H groups in total. The number of carbonyl (C=O) groups is 2. The molecule has 5 nitrogen and oxygen atoms in total. The van der Waals surface area contributed by atoms with Gasteiger partial charge in [0.2, 0.25) is 5.91 Å². The van der Waals surface area contributed by atoms with Crippen LogP contribution in [0.25, 0.3) is 11.3 Å². The first kappa shape index (κ1) is 19.4. The van der Waals surface area contributed by atoms with Gasteiger partial charge in [-0.1, -0.05) is 53.6 Å². The first-order valence-corrected chi connectivity index (χ1v) is 10.1. The topological polar surface area (TPSA) is 66.1 Å². The normalized spacial score (nSPS) is 13.2. The molecule has 0 saturated heterocycles. The van der Waals surface area contributed by atoms with Crippen molar-refractivity contribution in [3.63, 3.8) is 0 Å². The summed E-state index contributed by atoms with van der Waals surface area (Å²) >= 11 is 5.98. The van der Waals surface area contributed by atoms with Crippen molar-refractivity contribution in [2.75, 3.05) is 6.54 Å². The van der Waals surface area contributed by atoms with Gasteiger partial charge in [-0.2, -0.15) is 5.10 Å². The van der Waals surface area contributed by atoms with Crippen LogP contribution in [0.2, 0.25) is 5.02 Å². The highest BCUT2D eigenvalue weighted by molar-refractivity contribution is 6.30. The fourth-order valence-corrected chi connectivity index (χ4v) is 3.74. The summed E-state index contributed by atoms with van der Waals surface area (Å²) in [4.78, 5) is 26.9. The van der Waals surface area contributed by atoms with Crippen LogP contribution in [0, 0.1) is 6.92 Å². The summed E-state index contributed by atoms with van der Waals surface area (Å²) in [5, 5.41) is 8.23. The van der Waals surface area contributed by atoms with E-state index in [1.165, 1.54) is 0 Å². The average Bonchev–Trinajstić information content (AvgIpc) is 3.16. The Bertz CT molecular complexity index is 1040. The quantitative estimate of drug-likeness (QED) is 0.629. The second kappa shape index (κ2) is 8.21. The van der Waals surface area contributed by atoms with Gasteiger partial charge in [0.15, 0.2) is 5.78 Å². The molecule has 1 amide bonds. The summed E-state index contributed by atoms with van der Waals surface area (Å²) in [5.74, 6) is 0.000538. The third kappa shape index (κ3) is 4.25. The number of hydrogen-bond acceptors (Lipinski definition) is 3. The molecule has 0 saturated carbocycles. The zero-order chi connectivity index (χ0) is 20.4. The molecule has 0 radical (unpaired) electrons.